The van der Waals surface area contributed by atoms with Gasteiger partial charge in [0.2, 0.25) is 0 Å². The van der Waals surface area contributed by atoms with E-state index in [9.17, 15) is 4.79 Å². The monoisotopic (exact) mass is 407 g/mol. The number of rotatable bonds is 3. The number of pyridine rings is 1. The molecule has 1 heterocycles. The molecule has 0 N–H and O–H groups in total. The molecule has 0 radical (unpaired) electrons. The fourth-order valence-electron chi connectivity index (χ4n) is 2.97. The van der Waals surface area contributed by atoms with Crippen molar-refractivity contribution in [2.45, 2.75) is 6.92 Å². The molecule has 1 aromatic heterocycles. The highest BCUT2D eigenvalue weighted by Gasteiger charge is 2.17. The van der Waals surface area contributed by atoms with Gasteiger partial charge in [-0.2, -0.15) is 0 Å². The number of benzene rings is 3. The molecule has 138 valence electrons. The average molecular weight is 408 g/mol. The Labute approximate surface area is 172 Å². The number of esters is 1. The Balaban J connectivity index is 1.66. The number of hydrogen-bond acceptors (Lipinski definition) is 3. The van der Waals surface area contributed by atoms with E-state index < -0.39 is 5.97 Å². The number of carbonyl (C=O) groups excluding carboxylic acids is 1. The third-order valence-electron chi connectivity index (χ3n) is 4.40. The van der Waals surface area contributed by atoms with Crippen molar-refractivity contribution in [1.82, 2.24) is 4.98 Å². The largest absolute Gasteiger partial charge is 0.419 e. The first kappa shape index (κ1) is 18.5. The van der Waals surface area contributed by atoms with Gasteiger partial charge < -0.3 is 4.74 Å². The van der Waals surface area contributed by atoms with Gasteiger partial charge in [-0.1, -0.05) is 65.7 Å². The molecule has 0 saturated heterocycles. The Hall–Kier alpha value is -2.88. The van der Waals surface area contributed by atoms with Gasteiger partial charge >= 0.3 is 5.97 Å². The van der Waals surface area contributed by atoms with E-state index in [-0.39, 0.29) is 10.8 Å². The lowest BCUT2D eigenvalue weighted by molar-refractivity contribution is 0.0737. The molecular formula is C23H15Cl2NO2. The van der Waals surface area contributed by atoms with Crippen LogP contribution in [0.2, 0.25) is 10.0 Å². The highest BCUT2D eigenvalue weighted by atomic mass is 35.5. The smallest absolute Gasteiger partial charge is 0.343 e. The van der Waals surface area contributed by atoms with Crippen molar-refractivity contribution < 1.29 is 9.53 Å². The number of aryl methyl sites for hydroxylation is 1. The van der Waals surface area contributed by atoms with Gasteiger partial charge in [0.05, 0.1) is 15.6 Å². The van der Waals surface area contributed by atoms with Gasteiger partial charge in [0.25, 0.3) is 0 Å². The summed E-state index contributed by atoms with van der Waals surface area (Å²) in [6, 6.07) is 22.4. The van der Waals surface area contributed by atoms with Gasteiger partial charge in [-0.05, 0) is 48.4 Å². The summed E-state index contributed by atoms with van der Waals surface area (Å²) in [5, 5.41) is 1.38. The summed E-state index contributed by atoms with van der Waals surface area (Å²) in [4.78, 5) is 17.1. The van der Waals surface area contributed by atoms with Crippen molar-refractivity contribution in [2.75, 3.05) is 0 Å². The minimum atomic E-state index is -0.506. The molecule has 4 aromatic rings. The maximum Gasteiger partial charge on any atom is 0.343 e. The Morgan fingerprint density at radius 3 is 2.25 bits per heavy atom. The van der Waals surface area contributed by atoms with E-state index in [0.717, 1.165) is 16.8 Å². The van der Waals surface area contributed by atoms with Crippen molar-refractivity contribution in [3.05, 3.63) is 94.1 Å². The summed E-state index contributed by atoms with van der Waals surface area (Å²) in [7, 11) is 0. The number of nitrogens with zero attached hydrogens (tertiary/aromatic N) is 1. The van der Waals surface area contributed by atoms with E-state index in [1.807, 2.05) is 61.5 Å². The fraction of sp³-hybridized carbons (Fsp3) is 0.0435. The zero-order chi connectivity index (χ0) is 19.7. The molecule has 0 aliphatic rings. The lowest BCUT2D eigenvalue weighted by atomic mass is 10.0. The number of hydrogen-bond donors (Lipinski definition) is 0. The van der Waals surface area contributed by atoms with Crippen LogP contribution in [0.5, 0.6) is 5.75 Å². The Morgan fingerprint density at radius 2 is 1.54 bits per heavy atom. The molecule has 28 heavy (non-hydrogen) atoms. The van der Waals surface area contributed by atoms with Crippen LogP contribution >= 0.6 is 23.2 Å². The Morgan fingerprint density at radius 1 is 0.857 bits per heavy atom. The first-order chi connectivity index (χ1) is 13.5. The molecule has 0 spiro atoms. The SMILES string of the molecule is Cc1ccc2c(Cl)cc(Cl)c(OC(=O)c3ccc(-c4ccccc4)cc3)c2n1. The van der Waals surface area contributed by atoms with Crippen LogP contribution in [0.3, 0.4) is 0 Å². The zero-order valence-corrected chi connectivity index (χ0v) is 16.5. The van der Waals surface area contributed by atoms with Gasteiger partial charge in [-0.25, -0.2) is 9.78 Å². The van der Waals surface area contributed by atoms with Gasteiger partial charge in [0, 0.05) is 11.1 Å². The fourth-order valence-corrected chi connectivity index (χ4v) is 3.52. The lowest BCUT2D eigenvalue weighted by Crippen LogP contribution is -2.09. The molecule has 0 saturated carbocycles. The minimum absolute atomic E-state index is 0.210. The van der Waals surface area contributed by atoms with Crippen molar-refractivity contribution in [1.29, 1.82) is 0 Å². The van der Waals surface area contributed by atoms with Crippen LogP contribution < -0.4 is 4.74 Å². The standard InChI is InChI=1S/C23H15Cl2NO2/c1-14-7-12-18-19(24)13-20(25)22(21(18)26-14)28-23(27)17-10-8-16(9-11-17)15-5-3-2-4-6-15/h2-13H,1H3. The first-order valence-electron chi connectivity index (χ1n) is 8.66. The molecule has 0 aliphatic heterocycles. The molecule has 4 rings (SSSR count). The van der Waals surface area contributed by atoms with Gasteiger partial charge in [0.1, 0.15) is 5.52 Å². The summed E-state index contributed by atoms with van der Waals surface area (Å²) in [5.74, 6) is -0.296. The maximum atomic E-state index is 12.7. The molecule has 0 atom stereocenters. The summed E-state index contributed by atoms with van der Waals surface area (Å²) in [5.41, 5.74) is 3.76. The van der Waals surface area contributed by atoms with Gasteiger partial charge in [0.15, 0.2) is 5.75 Å². The lowest BCUT2D eigenvalue weighted by Gasteiger charge is -2.11. The summed E-state index contributed by atoms with van der Waals surface area (Å²) in [6.45, 7) is 1.85. The third-order valence-corrected chi connectivity index (χ3v) is 4.99. The van der Waals surface area contributed by atoms with Crippen LogP contribution in [0.4, 0.5) is 0 Å². The molecule has 0 aliphatic carbocycles. The number of fused-ring (bicyclic) bond motifs is 1. The van der Waals surface area contributed by atoms with Crippen LogP contribution in [0.1, 0.15) is 16.1 Å². The number of ether oxygens (including phenoxy) is 1. The van der Waals surface area contributed by atoms with E-state index >= 15 is 0 Å². The second-order valence-corrected chi connectivity index (χ2v) is 7.17. The molecule has 3 aromatic carbocycles. The van der Waals surface area contributed by atoms with Crippen LogP contribution in [0.15, 0.2) is 72.8 Å². The molecule has 5 heteroatoms. The number of carbonyl (C=O) groups is 1. The van der Waals surface area contributed by atoms with Crippen molar-refractivity contribution in [3.63, 3.8) is 0 Å². The topological polar surface area (TPSA) is 39.2 Å². The third kappa shape index (κ3) is 3.59. The average Bonchev–Trinajstić information content (AvgIpc) is 2.71. The van der Waals surface area contributed by atoms with Crippen LogP contribution in [0.25, 0.3) is 22.0 Å². The maximum absolute atomic E-state index is 12.7. The first-order valence-corrected chi connectivity index (χ1v) is 9.41. The molecular weight excluding hydrogens is 393 g/mol. The molecule has 3 nitrogen and oxygen atoms in total. The van der Waals surface area contributed by atoms with Gasteiger partial charge in [-0.3, -0.25) is 0 Å². The van der Waals surface area contributed by atoms with Crippen LogP contribution in [-0.4, -0.2) is 11.0 Å². The van der Waals surface area contributed by atoms with E-state index in [4.69, 9.17) is 27.9 Å². The second kappa shape index (κ2) is 7.63. The normalized spacial score (nSPS) is 10.8. The predicted molar refractivity (Wildman–Crippen MR) is 113 cm³/mol. The number of aromatic nitrogens is 1. The highest BCUT2D eigenvalue weighted by Crippen LogP contribution is 2.37. The summed E-state index contributed by atoms with van der Waals surface area (Å²) in [6.07, 6.45) is 0. The van der Waals surface area contributed by atoms with Crippen LogP contribution in [0, 0.1) is 6.92 Å². The molecule has 0 fully saturated rings. The summed E-state index contributed by atoms with van der Waals surface area (Å²) >= 11 is 12.5. The zero-order valence-electron chi connectivity index (χ0n) is 14.9. The van der Waals surface area contributed by atoms with Crippen molar-refractivity contribution in [2.24, 2.45) is 0 Å². The highest BCUT2D eigenvalue weighted by molar-refractivity contribution is 6.39. The molecule has 0 amide bonds. The van der Waals surface area contributed by atoms with Crippen molar-refractivity contribution >= 4 is 40.1 Å². The molecule has 0 bridgehead atoms. The summed E-state index contributed by atoms with van der Waals surface area (Å²) < 4.78 is 5.61. The van der Waals surface area contributed by atoms with E-state index in [2.05, 4.69) is 4.98 Å². The Bertz CT molecular complexity index is 1170. The number of halogens is 2. The Kier molecular flexibility index (Phi) is 5.03. The van der Waals surface area contributed by atoms with E-state index in [1.54, 1.807) is 18.2 Å². The van der Waals surface area contributed by atoms with Gasteiger partial charge in [-0.15, -0.1) is 0 Å². The van der Waals surface area contributed by atoms with E-state index in [0.29, 0.717) is 21.5 Å². The quantitative estimate of drug-likeness (QED) is 0.279. The predicted octanol–water partition coefficient (Wildman–Crippen LogP) is 6.74. The van der Waals surface area contributed by atoms with Crippen molar-refractivity contribution in [3.8, 4) is 16.9 Å². The molecule has 0 unspecified atom stereocenters. The minimum Gasteiger partial charge on any atom is -0.419 e. The van der Waals surface area contributed by atoms with Crippen LogP contribution in [-0.2, 0) is 0 Å². The second-order valence-electron chi connectivity index (χ2n) is 6.35. The van der Waals surface area contributed by atoms with E-state index in [1.165, 1.54) is 0 Å².